The molecule has 7 heteroatoms. The van der Waals surface area contributed by atoms with Crippen molar-refractivity contribution >= 4 is 23.2 Å². The number of carbonyl (C=O) groups excluding carboxylic acids is 2. The number of nitrogens with two attached hydrogens (primary N) is 1. The number of hydrogen-bond acceptors (Lipinski definition) is 5. The normalized spacial score (nSPS) is 17.4. The molecule has 1 aromatic heterocycles. The summed E-state index contributed by atoms with van der Waals surface area (Å²) in [6.45, 7) is 7.61. The Kier molecular flexibility index (Phi) is 7.87. The molecular formula is C18H30N4O2S. The predicted molar refractivity (Wildman–Crippen MR) is 101 cm³/mol. The van der Waals surface area contributed by atoms with E-state index in [2.05, 4.69) is 33.0 Å². The van der Waals surface area contributed by atoms with Gasteiger partial charge < -0.3 is 16.4 Å². The van der Waals surface area contributed by atoms with E-state index in [4.69, 9.17) is 5.73 Å². The van der Waals surface area contributed by atoms with Gasteiger partial charge in [-0.15, -0.1) is 11.3 Å². The van der Waals surface area contributed by atoms with Gasteiger partial charge in [0.25, 0.3) is 0 Å². The van der Waals surface area contributed by atoms with E-state index in [0.717, 1.165) is 32.5 Å². The Labute approximate surface area is 154 Å². The molecule has 4 N–H and O–H groups in total. The first-order valence-corrected chi connectivity index (χ1v) is 9.88. The number of nitrogens with one attached hydrogen (secondary N) is 2. The van der Waals surface area contributed by atoms with Crippen LogP contribution in [0.4, 0.5) is 0 Å². The summed E-state index contributed by atoms with van der Waals surface area (Å²) in [7, 11) is 0. The van der Waals surface area contributed by atoms with Crippen LogP contribution in [0.2, 0.25) is 0 Å². The molecule has 2 amide bonds. The van der Waals surface area contributed by atoms with Crippen LogP contribution in [0.1, 0.15) is 31.6 Å². The maximum absolute atomic E-state index is 11.9. The van der Waals surface area contributed by atoms with Crippen molar-refractivity contribution in [3.8, 4) is 0 Å². The summed E-state index contributed by atoms with van der Waals surface area (Å²) < 4.78 is 0. The van der Waals surface area contributed by atoms with Gasteiger partial charge in [-0.1, -0.05) is 19.9 Å². The highest BCUT2D eigenvalue weighted by Crippen LogP contribution is 2.20. The van der Waals surface area contributed by atoms with Gasteiger partial charge in [-0.2, -0.15) is 0 Å². The van der Waals surface area contributed by atoms with E-state index < -0.39 is 6.04 Å². The molecule has 2 rings (SSSR count). The number of rotatable bonds is 8. The smallest absolute Gasteiger partial charge is 0.239 e. The second-order valence-corrected chi connectivity index (χ2v) is 8.12. The van der Waals surface area contributed by atoms with Crippen LogP contribution in [-0.2, 0) is 16.1 Å². The first-order valence-electron chi connectivity index (χ1n) is 9.00. The summed E-state index contributed by atoms with van der Waals surface area (Å²) in [4.78, 5) is 27.5. The van der Waals surface area contributed by atoms with Crippen molar-refractivity contribution < 1.29 is 9.59 Å². The fourth-order valence-corrected chi connectivity index (χ4v) is 3.63. The molecule has 1 aliphatic heterocycles. The van der Waals surface area contributed by atoms with E-state index in [1.54, 1.807) is 11.3 Å². The van der Waals surface area contributed by atoms with Crippen LogP contribution in [0.25, 0.3) is 0 Å². The highest BCUT2D eigenvalue weighted by molar-refractivity contribution is 7.09. The number of carbonyl (C=O) groups is 2. The first kappa shape index (κ1) is 19.9. The molecule has 0 radical (unpaired) electrons. The van der Waals surface area contributed by atoms with E-state index in [-0.39, 0.29) is 24.3 Å². The van der Waals surface area contributed by atoms with Crippen LogP contribution in [-0.4, -0.2) is 48.9 Å². The summed E-state index contributed by atoms with van der Waals surface area (Å²) in [6, 6.07) is 3.70. The minimum Gasteiger partial charge on any atom is -0.354 e. The van der Waals surface area contributed by atoms with Gasteiger partial charge >= 0.3 is 0 Å². The van der Waals surface area contributed by atoms with Gasteiger partial charge in [-0.05, 0) is 49.2 Å². The lowest BCUT2D eigenvalue weighted by Gasteiger charge is -2.31. The molecule has 1 saturated heterocycles. The van der Waals surface area contributed by atoms with Crippen LogP contribution >= 0.6 is 11.3 Å². The number of thiophene rings is 1. The van der Waals surface area contributed by atoms with Crippen molar-refractivity contribution in [1.82, 2.24) is 15.5 Å². The molecule has 0 aliphatic carbocycles. The van der Waals surface area contributed by atoms with Gasteiger partial charge in [-0.3, -0.25) is 14.5 Å². The van der Waals surface area contributed by atoms with Crippen LogP contribution in [0.3, 0.4) is 0 Å². The highest BCUT2D eigenvalue weighted by Gasteiger charge is 2.21. The second-order valence-electron chi connectivity index (χ2n) is 7.09. The van der Waals surface area contributed by atoms with Crippen molar-refractivity contribution in [1.29, 1.82) is 0 Å². The van der Waals surface area contributed by atoms with Gasteiger partial charge in [0.15, 0.2) is 0 Å². The van der Waals surface area contributed by atoms with Crippen molar-refractivity contribution in [3.63, 3.8) is 0 Å². The van der Waals surface area contributed by atoms with Crippen LogP contribution in [0.5, 0.6) is 0 Å². The third-order valence-electron chi connectivity index (χ3n) is 4.70. The second kappa shape index (κ2) is 9.89. The molecular weight excluding hydrogens is 336 g/mol. The lowest BCUT2D eigenvalue weighted by Crippen LogP contribution is -2.47. The Morgan fingerprint density at radius 2 is 2.04 bits per heavy atom. The topological polar surface area (TPSA) is 87.5 Å². The zero-order chi connectivity index (χ0) is 18.2. The van der Waals surface area contributed by atoms with Crippen molar-refractivity contribution in [3.05, 3.63) is 22.4 Å². The van der Waals surface area contributed by atoms with Gasteiger partial charge in [-0.25, -0.2) is 0 Å². The standard InChI is InChI=1S/C18H30N4O2S/c1-13(2)17(19)18(24)21-11-16(23)20-10-14-5-7-22(8-6-14)12-15-4-3-9-25-15/h3-4,9,13-14,17H,5-8,10-12,19H2,1-2H3,(H,20,23)(H,21,24)/t17-/m0/s1. The number of nitrogens with zero attached hydrogens (tertiary/aromatic N) is 1. The zero-order valence-corrected chi connectivity index (χ0v) is 16.0. The average Bonchev–Trinajstić information content (AvgIpc) is 3.11. The maximum atomic E-state index is 11.9. The molecule has 0 spiro atoms. The highest BCUT2D eigenvalue weighted by atomic mass is 32.1. The molecule has 1 fully saturated rings. The summed E-state index contributed by atoms with van der Waals surface area (Å²) in [6.07, 6.45) is 2.19. The Morgan fingerprint density at radius 3 is 2.64 bits per heavy atom. The average molecular weight is 367 g/mol. The molecule has 2 heterocycles. The largest absolute Gasteiger partial charge is 0.354 e. The molecule has 6 nitrogen and oxygen atoms in total. The molecule has 140 valence electrons. The molecule has 25 heavy (non-hydrogen) atoms. The Balaban J connectivity index is 1.59. The summed E-state index contributed by atoms with van der Waals surface area (Å²) >= 11 is 1.80. The van der Waals surface area contributed by atoms with Crippen LogP contribution in [0.15, 0.2) is 17.5 Å². The third kappa shape index (κ3) is 6.76. The number of amides is 2. The van der Waals surface area contributed by atoms with E-state index in [9.17, 15) is 9.59 Å². The molecule has 0 aromatic carbocycles. The molecule has 0 saturated carbocycles. The van der Waals surface area contributed by atoms with Gasteiger partial charge in [0.2, 0.25) is 11.8 Å². The number of likely N-dealkylation sites (tertiary alicyclic amines) is 1. The Morgan fingerprint density at radius 1 is 1.32 bits per heavy atom. The summed E-state index contributed by atoms with van der Waals surface area (Å²) in [5.41, 5.74) is 5.75. The fourth-order valence-electron chi connectivity index (χ4n) is 2.88. The quantitative estimate of drug-likeness (QED) is 0.645. The minimum absolute atomic E-state index is 0.00350. The van der Waals surface area contributed by atoms with Gasteiger partial charge in [0.05, 0.1) is 12.6 Å². The fraction of sp³-hybridized carbons (Fsp3) is 0.667. The van der Waals surface area contributed by atoms with Crippen molar-refractivity contribution in [2.45, 2.75) is 39.3 Å². The van der Waals surface area contributed by atoms with Gasteiger partial charge in [0, 0.05) is 18.0 Å². The molecule has 1 atom stereocenters. The van der Waals surface area contributed by atoms with E-state index in [1.165, 1.54) is 4.88 Å². The number of piperidine rings is 1. The van der Waals surface area contributed by atoms with Crippen LogP contribution in [0, 0.1) is 11.8 Å². The Bertz CT molecular complexity index is 539. The monoisotopic (exact) mass is 366 g/mol. The molecule has 1 aromatic rings. The zero-order valence-electron chi connectivity index (χ0n) is 15.2. The first-order chi connectivity index (χ1) is 12.0. The Hall–Kier alpha value is -1.44. The lowest BCUT2D eigenvalue weighted by atomic mass is 9.97. The van der Waals surface area contributed by atoms with E-state index in [1.807, 2.05) is 13.8 Å². The third-order valence-corrected chi connectivity index (χ3v) is 5.56. The number of hydrogen-bond donors (Lipinski definition) is 3. The summed E-state index contributed by atoms with van der Waals surface area (Å²) in [5, 5.41) is 7.64. The lowest BCUT2D eigenvalue weighted by molar-refractivity contribution is -0.127. The van der Waals surface area contributed by atoms with E-state index >= 15 is 0 Å². The van der Waals surface area contributed by atoms with Crippen molar-refractivity contribution in [2.75, 3.05) is 26.2 Å². The van der Waals surface area contributed by atoms with E-state index in [0.29, 0.717) is 12.5 Å². The minimum atomic E-state index is -0.569. The summed E-state index contributed by atoms with van der Waals surface area (Å²) in [5.74, 6) is 0.150. The van der Waals surface area contributed by atoms with Gasteiger partial charge in [0.1, 0.15) is 0 Å². The SMILES string of the molecule is CC(C)[C@H](N)C(=O)NCC(=O)NCC1CCN(Cc2cccs2)CC1. The maximum Gasteiger partial charge on any atom is 0.239 e. The molecule has 0 unspecified atom stereocenters. The van der Waals surface area contributed by atoms with Crippen molar-refractivity contribution in [2.24, 2.45) is 17.6 Å². The molecule has 1 aliphatic rings. The van der Waals surface area contributed by atoms with Crippen LogP contribution < -0.4 is 16.4 Å². The molecule has 0 bridgehead atoms. The predicted octanol–water partition coefficient (Wildman–Crippen LogP) is 1.18.